The maximum absolute atomic E-state index is 6.96. The van der Waals surface area contributed by atoms with Crippen molar-refractivity contribution in [3.05, 3.63) is 133 Å². The lowest BCUT2D eigenvalue weighted by Gasteiger charge is -2.22. The molecule has 68 heavy (non-hydrogen) atoms. The van der Waals surface area contributed by atoms with Gasteiger partial charge >= 0.3 is 0 Å². The summed E-state index contributed by atoms with van der Waals surface area (Å²) in [7, 11) is 23.1. The first-order valence-corrected chi connectivity index (χ1v) is 23.7. The Bertz CT molecular complexity index is 4100. The van der Waals surface area contributed by atoms with E-state index in [4.69, 9.17) is 19.4 Å². The fraction of sp³-hybridized carbons (Fsp3) is 0. The van der Waals surface area contributed by atoms with Crippen molar-refractivity contribution in [2.75, 3.05) is 0 Å². The van der Waals surface area contributed by atoms with Gasteiger partial charge < -0.3 is 8.98 Å². The molecule has 12 aromatic rings. The third-order valence-corrected chi connectivity index (χ3v) is 15.7. The number of para-hydroxylation sites is 1. The molecule has 0 atom stereocenters. The van der Waals surface area contributed by atoms with Crippen molar-refractivity contribution in [3.63, 3.8) is 0 Å². The summed E-state index contributed by atoms with van der Waals surface area (Å²) in [4.78, 5) is 15.4. The van der Waals surface area contributed by atoms with Gasteiger partial charge in [0.05, 0.1) is 11.2 Å². The second kappa shape index (κ2) is 15.7. The molecule has 0 saturated heterocycles. The van der Waals surface area contributed by atoms with Crippen molar-refractivity contribution in [1.82, 2.24) is 19.5 Å². The van der Waals surface area contributed by atoms with Crippen LogP contribution in [-0.2, 0) is 0 Å². The molecule has 12 rings (SSSR count). The Hall–Kier alpha value is -7.24. The van der Waals surface area contributed by atoms with Crippen LogP contribution in [0.25, 0.3) is 116 Å². The van der Waals surface area contributed by atoms with Crippen LogP contribution >= 0.6 is 0 Å². The first kappa shape index (κ1) is 42.1. The van der Waals surface area contributed by atoms with Crippen LogP contribution in [0.15, 0.2) is 138 Å². The molecule has 0 aliphatic rings. The Morgan fingerprint density at radius 3 is 1.38 bits per heavy atom. The van der Waals surface area contributed by atoms with E-state index in [1.165, 1.54) is 87.2 Å². The summed E-state index contributed by atoms with van der Waals surface area (Å²) in [5.41, 5.74) is 23.8. The highest BCUT2D eigenvalue weighted by Gasteiger charge is 2.27. The molecule has 0 fully saturated rings. The highest BCUT2D eigenvalue weighted by Crippen LogP contribution is 2.44. The van der Waals surface area contributed by atoms with Gasteiger partial charge in [0.25, 0.3) is 0 Å². The lowest BCUT2D eigenvalue weighted by atomic mass is 9.61. The Kier molecular flexibility index (Phi) is 9.71. The number of benzene rings is 9. The van der Waals surface area contributed by atoms with Gasteiger partial charge in [0.2, 0.25) is 0 Å². The molecule has 0 amide bonds. The smallest absolute Gasteiger partial charge is 0.164 e. The second-order valence-corrected chi connectivity index (χ2v) is 19.0. The van der Waals surface area contributed by atoms with E-state index in [9.17, 15) is 0 Å². The van der Waals surface area contributed by atoms with Gasteiger partial charge in [-0.3, -0.25) is 0 Å². The van der Waals surface area contributed by atoms with E-state index in [0.29, 0.717) is 17.5 Å². The van der Waals surface area contributed by atoms with E-state index in [-0.39, 0.29) is 0 Å². The van der Waals surface area contributed by atoms with Gasteiger partial charge in [0.15, 0.2) is 17.5 Å². The zero-order valence-electron chi connectivity index (χ0n) is 40.4. The summed E-state index contributed by atoms with van der Waals surface area (Å²) in [5.74, 6) is 1.90. The summed E-state index contributed by atoms with van der Waals surface area (Å²) in [6, 6.07) is 46.7. The van der Waals surface area contributed by atoms with Crippen LogP contribution in [0.4, 0.5) is 0 Å². The fourth-order valence-corrected chi connectivity index (χ4v) is 11.4. The number of hydrogen-bond donors (Lipinski definition) is 0. The topological polar surface area (TPSA) is 56.7 Å². The summed E-state index contributed by atoms with van der Waals surface area (Å²) in [6.45, 7) is 0. The van der Waals surface area contributed by atoms with Gasteiger partial charge in [-0.05, 0) is 56.3 Å². The maximum Gasteiger partial charge on any atom is 0.164 e. The normalized spacial score (nSPS) is 11.8. The highest BCUT2D eigenvalue weighted by molar-refractivity contribution is 6.73. The third kappa shape index (κ3) is 6.07. The van der Waals surface area contributed by atoms with Crippen LogP contribution in [0.3, 0.4) is 0 Å². The number of rotatable bonds is 5. The zero-order chi connectivity index (χ0) is 46.9. The van der Waals surface area contributed by atoms with Crippen LogP contribution in [0, 0.1) is 0 Å². The van der Waals surface area contributed by atoms with Crippen molar-refractivity contribution < 1.29 is 4.42 Å². The van der Waals surface area contributed by atoms with E-state index in [0.717, 1.165) is 66.2 Å². The van der Waals surface area contributed by atoms with Gasteiger partial charge in [-0.25, -0.2) is 15.0 Å². The van der Waals surface area contributed by atoms with Crippen molar-refractivity contribution >= 4 is 198 Å². The van der Waals surface area contributed by atoms with Gasteiger partial charge in [-0.2, -0.15) is 0 Å². The van der Waals surface area contributed by atoms with Crippen LogP contribution in [0.1, 0.15) is 0 Å². The Morgan fingerprint density at radius 2 is 0.765 bits per heavy atom. The summed E-state index contributed by atoms with van der Waals surface area (Å²) >= 11 is 0. The summed E-state index contributed by atoms with van der Waals surface area (Å²) in [6.07, 6.45) is 0. The number of hydrogen-bond acceptors (Lipinski definition) is 4. The molecule has 3 heterocycles. The van der Waals surface area contributed by atoms with Crippen LogP contribution in [0.2, 0.25) is 0 Å². The molecule has 0 aliphatic carbocycles. The molecule has 0 spiro atoms. The van der Waals surface area contributed by atoms with Crippen LogP contribution in [0.5, 0.6) is 0 Å². The highest BCUT2D eigenvalue weighted by atomic mass is 16.3. The minimum Gasteiger partial charge on any atom is -0.456 e. The number of nitrogens with zero attached hydrogens (tertiary/aromatic N) is 4. The van der Waals surface area contributed by atoms with Gasteiger partial charge in [0.1, 0.15) is 89.6 Å². The van der Waals surface area contributed by atoms with Crippen molar-refractivity contribution in [2.45, 2.75) is 0 Å². The van der Waals surface area contributed by atoms with E-state index < -0.39 is 0 Å². The monoisotopic (exact) mass is 860 g/mol. The molecule has 0 unspecified atom stereocenters. The second-order valence-electron chi connectivity index (χ2n) is 19.0. The van der Waals surface area contributed by atoms with E-state index in [1.807, 2.05) is 36.4 Å². The lowest BCUT2D eigenvalue weighted by molar-refractivity contribution is 0.668. The molecular weight excluding hydrogens is 817 g/mol. The largest absolute Gasteiger partial charge is 0.456 e. The third-order valence-electron chi connectivity index (χ3n) is 15.7. The molecule has 0 aliphatic heterocycles. The van der Waals surface area contributed by atoms with Gasteiger partial charge in [-0.15, -0.1) is 16.4 Å². The van der Waals surface area contributed by atoms with E-state index in [2.05, 4.69) is 180 Å². The van der Waals surface area contributed by atoms with E-state index in [1.54, 1.807) is 0 Å². The molecular formula is C53H42B10N4O. The van der Waals surface area contributed by atoms with Crippen LogP contribution < -0.4 is 54.6 Å². The Balaban J connectivity index is 1.21. The molecule has 0 saturated carbocycles. The van der Waals surface area contributed by atoms with Crippen molar-refractivity contribution in [1.29, 1.82) is 0 Å². The maximum atomic E-state index is 6.96. The van der Waals surface area contributed by atoms with Crippen molar-refractivity contribution in [3.8, 4) is 51.0 Å². The van der Waals surface area contributed by atoms with Gasteiger partial charge in [0, 0.05) is 44.4 Å². The minimum absolute atomic E-state index is 0.628. The standard InChI is InChI=1S/C53H42B10N4O/c54-39-35-36(42(57)45(60)44(59)40(35)55)49-37(41(39)56)38-43(58)46(61)47(62)48(63)50(38)67(49)25-21-31(34-30-17-9-10-18-32(30)68-33(34)22-25)28-19-20-29(27-16-8-7-15-26(27)28)53-65-51(23-11-3-1-4-12-23)64-52(66-53)24-13-5-2-6-14-24/h1-22H,54-63H2. The first-order valence-electron chi connectivity index (χ1n) is 23.7. The van der Waals surface area contributed by atoms with E-state index >= 15 is 0 Å². The number of aromatic nitrogens is 4. The summed E-state index contributed by atoms with van der Waals surface area (Å²) in [5, 5.41) is 9.71. The fourth-order valence-electron chi connectivity index (χ4n) is 11.4. The molecule has 0 radical (unpaired) electrons. The molecule has 0 N–H and O–H groups in total. The van der Waals surface area contributed by atoms with Crippen molar-refractivity contribution in [2.24, 2.45) is 0 Å². The molecule has 3 aromatic heterocycles. The quantitative estimate of drug-likeness (QED) is 0.169. The first-order chi connectivity index (χ1) is 32.9. The average molecular weight is 859 g/mol. The minimum atomic E-state index is 0.628. The molecule has 5 nitrogen and oxygen atoms in total. The number of fused-ring (bicyclic) bond motifs is 9. The average Bonchev–Trinajstić information content (AvgIpc) is 3.94. The zero-order valence-corrected chi connectivity index (χ0v) is 40.4. The molecule has 15 heteroatoms. The number of furan rings is 1. The van der Waals surface area contributed by atoms with Gasteiger partial charge in [-0.1, -0.05) is 147 Å². The van der Waals surface area contributed by atoms with Crippen LogP contribution in [-0.4, -0.2) is 98.0 Å². The summed E-state index contributed by atoms with van der Waals surface area (Å²) < 4.78 is 9.56. The Labute approximate surface area is 404 Å². The SMILES string of the molecule is Bc1c(B)c(B)c2c(c1B)c(B)c(B)c1c3c(B)c(B)c(B)c(B)c3n(-c3cc(-c4ccc(-c5nc(-c6ccccc6)nc(-c6ccccc6)n5)c5ccccc45)c4c(c3)oc3ccccc34)c21. The predicted molar refractivity (Wildman–Crippen MR) is 320 cm³/mol. The molecule has 0 bridgehead atoms. The molecule has 9 aromatic carbocycles. The Morgan fingerprint density at radius 1 is 0.324 bits per heavy atom. The predicted octanol–water partition coefficient (Wildman–Crippen LogP) is -3.57. The lowest BCUT2D eigenvalue weighted by Crippen LogP contribution is -2.50. The molecule has 310 valence electrons.